The third kappa shape index (κ3) is 4.32. The van der Waals surface area contributed by atoms with Crippen LogP contribution in [-0.4, -0.2) is 35.5 Å². The second kappa shape index (κ2) is 7.78. The normalized spacial score (nSPS) is 13.1. The molecule has 1 aromatic heterocycles. The maximum absolute atomic E-state index is 5.93. The molecule has 1 unspecified atom stereocenters. The van der Waals surface area contributed by atoms with E-state index in [4.69, 9.17) is 10.5 Å². The van der Waals surface area contributed by atoms with E-state index in [1.165, 1.54) is 0 Å². The number of aromatic nitrogens is 2. The van der Waals surface area contributed by atoms with Gasteiger partial charge in [-0.1, -0.05) is 18.2 Å². The first kappa shape index (κ1) is 17.0. The number of hydrogen-bond acceptors (Lipinski definition) is 3. The van der Waals surface area contributed by atoms with Crippen molar-refractivity contribution in [2.45, 2.75) is 33.4 Å². The number of nitrogens with one attached hydrogen (secondary N) is 1. The molecule has 0 amide bonds. The molecule has 0 aliphatic rings. The Kier molecular flexibility index (Phi) is 5.76. The van der Waals surface area contributed by atoms with Crippen molar-refractivity contribution < 1.29 is 4.74 Å². The Labute approximate surface area is 137 Å². The van der Waals surface area contributed by atoms with Crippen LogP contribution in [0.3, 0.4) is 0 Å². The number of benzene rings is 1. The zero-order chi connectivity index (χ0) is 16.8. The lowest BCUT2D eigenvalue weighted by Gasteiger charge is -2.13. The number of para-hydroxylation sites is 1. The standard InChI is InChI=1S/C17H25N5O/c1-12(11-23-4)20-17(18)19-10-16-13(2)21-22(14(16)3)15-8-6-5-7-9-15/h5-9,12H,10-11H2,1-4H3,(H3,18,19,20). The average molecular weight is 315 g/mol. The van der Waals surface area contributed by atoms with Crippen LogP contribution in [0.2, 0.25) is 0 Å². The lowest BCUT2D eigenvalue weighted by Crippen LogP contribution is -2.40. The van der Waals surface area contributed by atoms with Crippen LogP contribution in [0.1, 0.15) is 23.9 Å². The fraction of sp³-hybridized carbons (Fsp3) is 0.412. The summed E-state index contributed by atoms with van der Waals surface area (Å²) < 4.78 is 7.01. The van der Waals surface area contributed by atoms with Crippen LogP contribution in [0.25, 0.3) is 5.69 Å². The second-order valence-corrected chi connectivity index (χ2v) is 5.60. The van der Waals surface area contributed by atoms with Gasteiger partial charge < -0.3 is 15.8 Å². The molecule has 2 aromatic rings. The van der Waals surface area contributed by atoms with Crippen LogP contribution >= 0.6 is 0 Å². The molecular formula is C17H25N5O. The molecule has 0 aliphatic heterocycles. The highest BCUT2D eigenvalue weighted by Gasteiger charge is 2.12. The Morgan fingerprint density at radius 2 is 2.04 bits per heavy atom. The van der Waals surface area contributed by atoms with Gasteiger partial charge in [-0.2, -0.15) is 5.10 Å². The molecule has 0 spiro atoms. The summed E-state index contributed by atoms with van der Waals surface area (Å²) >= 11 is 0. The molecule has 0 bridgehead atoms. The number of methoxy groups -OCH3 is 1. The summed E-state index contributed by atoms with van der Waals surface area (Å²) in [5, 5.41) is 7.72. The van der Waals surface area contributed by atoms with Crippen molar-refractivity contribution in [3.8, 4) is 5.69 Å². The van der Waals surface area contributed by atoms with Crippen molar-refractivity contribution in [3.05, 3.63) is 47.3 Å². The van der Waals surface area contributed by atoms with E-state index in [0.717, 1.165) is 22.6 Å². The van der Waals surface area contributed by atoms with Crippen LogP contribution in [0.15, 0.2) is 35.3 Å². The minimum atomic E-state index is 0.123. The summed E-state index contributed by atoms with van der Waals surface area (Å²) in [5.41, 5.74) is 10.1. The molecule has 6 heteroatoms. The zero-order valence-corrected chi connectivity index (χ0v) is 14.2. The highest BCUT2D eigenvalue weighted by Crippen LogP contribution is 2.18. The molecule has 0 radical (unpaired) electrons. The van der Waals surface area contributed by atoms with E-state index >= 15 is 0 Å². The number of aliphatic imine (C=N–C) groups is 1. The van der Waals surface area contributed by atoms with Crippen LogP contribution in [-0.2, 0) is 11.3 Å². The number of hydrogen-bond donors (Lipinski definition) is 2. The molecule has 6 nitrogen and oxygen atoms in total. The van der Waals surface area contributed by atoms with Crippen molar-refractivity contribution in [2.75, 3.05) is 13.7 Å². The number of aryl methyl sites for hydroxylation is 1. The van der Waals surface area contributed by atoms with E-state index in [9.17, 15) is 0 Å². The van der Waals surface area contributed by atoms with Gasteiger partial charge in [0.05, 0.1) is 24.5 Å². The van der Waals surface area contributed by atoms with Crippen molar-refractivity contribution in [1.82, 2.24) is 15.1 Å². The van der Waals surface area contributed by atoms with Crippen molar-refractivity contribution in [3.63, 3.8) is 0 Å². The maximum Gasteiger partial charge on any atom is 0.189 e. The van der Waals surface area contributed by atoms with Gasteiger partial charge in [-0.25, -0.2) is 9.67 Å². The SMILES string of the molecule is COCC(C)NC(N)=NCc1c(C)nn(-c2ccccc2)c1C. The molecular weight excluding hydrogens is 290 g/mol. The average Bonchev–Trinajstić information content (AvgIpc) is 2.81. The predicted molar refractivity (Wildman–Crippen MR) is 92.8 cm³/mol. The molecule has 1 atom stereocenters. The van der Waals surface area contributed by atoms with Crippen LogP contribution < -0.4 is 11.1 Å². The number of guanidine groups is 1. The summed E-state index contributed by atoms with van der Waals surface area (Å²) in [6.45, 7) is 7.13. The van der Waals surface area contributed by atoms with Gasteiger partial charge in [-0.15, -0.1) is 0 Å². The molecule has 1 aromatic carbocycles. The molecule has 23 heavy (non-hydrogen) atoms. The van der Waals surface area contributed by atoms with E-state index in [2.05, 4.69) is 22.3 Å². The molecule has 0 fully saturated rings. The van der Waals surface area contributed by atoms with E-state index in [-0.39, 0.29) is 6.04 Å². The zero-order valence-electron chi connectivity index (χ0n) is 14.2. The summed E-state index contributed by atoms with van der Waals surface area (Å²) in [6.07, 6.45) is 0. The first-order chi connectivity index (χ1) is 11.0. The molecule has 0 saturated carbocycles. The topological polar surface area (TPSA) is 77.5 Å². The molecule has 0 saturated heterocycles. The van der Waals surface area contributed by atoms with Gasteiger partial charge in [0.2, 0.25) is 0 Å². The molecule has 1 heterocycles. The number of rotatable bonds is 6. The molecule has 3 N–H and O–H groups in total. The van der Waals surface area contributed by atoms with Gasteiger partial charge in [0.1, 0.15) is 0 Å². The molecule has 2 rings (SSSR count). The van der Waals surface area contributed by atoms with Crippen molar-refractivity contribution >= 4 is 5.96 Å². The third-order valence-electron chi connectivity index (χ3n) is 3.66. The van der Waals surface area contributed by atoms with Gasteiger partial charge in [-0.05, 0) is 32.9 Å². The first-order valence-corrected chi connectivity index (χ1v) is 7.68. The molecule has 124 valence electrons. The lowest BCUT2D eigenvalue weighted by molar-refractivity contribution is 0.179. The Morgan fingerprint density at radius 3 is 2.70 bits per heavy atom. The summed E-state index contributed by atoms with van der Waals surface area (Å²) in [4.78, 5) is 4.42. The van der Waals surface area contributed by atoms with Gasteiger partial charge in [0, 0.05) is 24.4 Å². The van der Waals surface area contributed by atoms with Gasteiger partial charge in [-0.3, -0.25) is 0 Å². The highest BCUT2D eigenvalue weighted by atomic mass is 16.5. The fourth-order valence-electron chi connectivity index (χ4n) is 2.48. The minimum Gasteiger partial charge on any atom is -0.383 e. The Balaban J connectivity index is 2.14. The van der Waals surface area contributed by atoms with E-state index in [1.807, 2.05) is 48.9 Å². The van der Waals surface area contributed by atoms with Crippen LogP contribution in [0.4, 0.5) is 0 Å². The Bertz CT molecular complexity index is 663. The summed E-state index contributed by atoms with van der Waals surface area (Å²) in [6, 6.07) is 10.2. The number of nitrogens with zero attached hydrogens (tertiary/aromatic N) is 3. The van der Waals surface area contributed by atoms with E-state index in [0.29, 0.717) is 19.1 Å². The summed E-state index contributed by atoms with van der Waals surface area (Å²) in [7, 11) is 1.66. The monoisotopic (exact) mass is 315 g/mol. The quantitative estimate of drug-likeness (QED) is 0.631. The Morgan fingerprint density at radius 1 is 1.35 bits per heavy atom. The highest BCUT2D eigenvalue weighted by molar-refractivity contribution is 5.78. The predicted octanol–water partition coefficient (Wildman–Crippen LogP) is 1.93. The van der Waals surface area contributed by atoms with Gasteiger partial charge >= 0.3 is 0 Å². The van der Waals surface area contributed by atoms with Crippen LogP contribution in [0.5, 0.6) is 0 Å². The lowest BCUT2D eigenvalue weighted by atomic mass is 10.2. The van der Waals surface area contributed by atoms with Gasteiger partial charge in [0.25, 0.3) is 0 Å². The smallest absolute Gasteiger partial charge is 0.189 e. The molecule has 0 aliphatic carbocycles. The van der Waals surface area contributed by atoms with E-state index in [1.54, 1.807) is 7.11 Å². The second-order valence-electron chi connectivity index (χ2n) is 5.60. The van der Waals surface area contributed by atoms with E-state index < -0.39 is 0 Å². The van der Waals surface area contributed by atoms with Gasteiger partial charge in [0.15, 0.2) is 5.96 Å². The fourth-order valence-corrected chi connectivity index (χ4v) is 2.48. The van der Waals surface area contributed by atoms with Crippen molar-refractivity contribution in [1.29, 1.82) is 0 Å². The summed E-state index contributed by atoms with van der Waals surface area (Å²) in [5.74, 6) is 0.417. The maximum atomic E-state index is 5.93. The Hall–Kier alpha value is -2.34. The third-order valence-corrected chi connectivity index (χ3v) is 3.66. The minimum absolute atomic E-state index is 0.123. The number of ether oxygens (including phenoxy) is 1. The largest absolute Gasteiger partial charge is 0.383 e. The van der Waals surface area contributed by atoms with Crippen molar-refractivity contribution in [2.24, 2.45) is 10.7 Å². The number of nitrogens with two attached hydrogens (primary N) is 1. The first-order valence-electron chi connectivity index (χ1n) is 7.68. The van der Waals surface area contributed by atoms with Crippen LogP contribution in [0, 0.1) is 13.8 Å².